The Bertz CT molecular complexity index is 1300. The minimum atomic E-state index is 0.0579. The molecule has 0 aliphatic heterocycles. The summed E-state index contributed by atoms with van der Waals surface area (Å²) < 4.78 is 0.856. The summed E-state index contributed by atoms with van der Waals surface area (Å²) >= 11 is 0. The van der Waals surface area contributed by atoms with E-state index in [-0.39, 0.29) is 11.6 Å². The highest BCUT2D eigenvalue weighted by atomic mass is 16.1. The summed E-state index contributed by atoms with van der Waals surface area (Å²) in [6.07, 6.45) is 0.921. The average Bonchev–Trinajstić information content (AvgIpc) is 2.93. The molecule has 0 heterocycles. The predicted octanol–water partition coefficient (Wildman–Crippen LogP) is 5.56. The third kappa shape index (κ3) is 7.56. The highest BCUT2D eigenvalue weighted by Crippen LogP contribution is 2.15. The molecule has 0 aliphatic carbocycles. The SMILES string of the molecule is C[N+](C)(CCNCCc1ccc(C(=O)c2ccccc2)cc1)Cc1ccc(C(=O)c2ccccc2)cc1. The van der Waals surface area contributed by atoms with Gasteiger partial charge >= 0.3 is 0 Å². The Labute approximate surface area is 220 Å². The Morgan fingerprint density at radius 1 is 0.568 bits per heavy atom. The van der Waals surface area contributed by atoms with Crippen LogP contribution >= 0.6 is 0 Å². The molecule has 188 valence electrons. The minimum absolute atomic E-state index is 0.0579. The fraction of sp³-hybridized carbons (Fsp3) is 0.212. The summed E-state index contributed by atoms with van der Waals surface area (Å²) in [7, 11) is 4.46. The van der Waals surface area contributed by atoms with Gasteiger partial charge in [0.05, 0.1) is 20.6 Å². The molecule has 0 radical (unpaired) electrons. The van der Waals surface area contributed by atoms with E-state index >= 15 is 0 Å². The third-order valence-corrected chi connectivity index (χ3v) is 6.60. The second kappa shape index (κ2) is 12.4. The molecule has 0 aromatic heterocycles. The lowest BCUT2D eigenvalue weighted by molar-refractivity contribution is -0.902. The van der Waals surface area contributed by atoms with Crippen LogP contribution in [0.5, 0.6) is 0 Å². The lowest BCUT2D eigenvalue weighted by Crippen LogP contribution is -2.44. The zero-order chi connectivity index (χ0) is 26.1. The van der Waals surface area contributed by atoms with Gasteiger partial charge in [-0.25, -0.2) is 0 Å². The van der Waals surface area contributed by atoms with Crippen molar-refractivity contribution in [2.75, 3.05) is 33.7 Å². The van der Waals surface area contributed by atoms with E-state index in [1.165, 1.54) is 11.1 Å². The highest BCUT2D eigenvalue weighted by Gasteiger charge is 2.16. The molecule has 4 rings (SSSR count). The summed E-state index contributed by atoms with van der Waals surface area (Å²) in [6.45, 7) is 3.71. The van der Waals surface area contributed by atoms with Crippen molar-refractivity contribution in [1.29, 1.82) is 0 Å². The second-order valence-electron chi connectivity index (χ2n) is 10.1. The number of ketones is 2. The first kappa shape index (κ1) is 26.2. The molecule has 0 saturated carbocycles. The van der Waals surface area contributed by atoms with Gasteiger partial charge in [-0.3, -0.25) is 9.59 Å². The highest BCUT2D eigenvalue weighted by molar-refractivity contribution is 6.09. The Balaban J connectivity index is 1.19. The molecule has 37 heavy (non-hydrogen) atoms. The van der Waals surface area contributed by atoms with E-state index < -0.39 is 0 Å². The lowest BCUT2D eigenvalue weighted by Gasteiger charge is -2.30. The Morgan fingerprint density at radius 2 is 1.00 bits per heavy atom. The predicted molar refractivity (Wildman–Crippen MR) is 150 cm³/mol. The van der Waals surface area contributed by atoms with Crippen LogP contribution in [0.3, 0.4) is 0 Å². The number of carbonyl (C=O) groups is 2. The van der Waals surface area contributed by atoms with Crippen molar-refractivity contribution < 1.29 is 14.1 Å². The molecule has 0 unspecified atom stereocenters. The minimum Gasteiger partial charge on any atom is -0.324 e. The normalized spacial score (nSPS) is 11.3. The smallest absolute Gasteiger partial charge is 0.193 e. The number of likely N-dealkylation sites (N-methyl/N-ethyl adjacent to an activating group) is 1. The molecule has 0 saturated heterocycles. The zero-order valence-corrected chi connectivity index (χ0v) is 21.7. The van der Waals surface area contributed by atoms with Gasteiger partial charge in [0.1, 0.15) is 6.54 Å². The van der Waals surface area contributed by atoms with Crippen molar-refractivity contribution in [3.05, 3.63) is 143 Å². The first-order valence-corrected chi connectivity index (χ1v) is 12.8. The van der Waals surface area contributed by atoms with Crippen molar-refractivity contribution in [1.82, 2.24) is 5.32 Å². The van der Waals surface area contributed by atoms with E-state index in [1.807, 2.05) is 97.1 Å². The molecule has 0 bridgehead atoms. The molecule has 1 N–H and O–H groups in total. The van der Waals surface area contributed by atoms with Gasteiger partial charge in [-0.2, -0.15) is 0 Å². The largest absolute Gasteiger partial charge is 0.324 e. The first-order chi connectivity index (χ1) is 17.9. The quantitative estimate of drug-likeness (QED) is 0.160. The molecule has 4 aromatic rings. The van der Waals surface area contributed by atoms with E-state index in [0.29, 0.717) is 11.1 Å². The van der Waals surface area contributed by atoms with E-state index in [9.17, 15) is 9.59 Å². The number of carbonyl (C=O) groups excluding carboxylic acids is 2. The fourth-order valence-electron chi connectivity index (χ4n) is 4.41. The van der Waals surface area contributed by atoms with Crippen LogP contribution in [0.2, 0.25) is 0 Å². The molecule has 0 aliphatic rings. The number of nitrogens with zero attached hydrogens (tertiary/aromatic N) is 1. The molecule has 4 nitrogen and oxygen atoms in total. The van der Waals surface area contributed by atoms with E-state index in [4.69, 9.17) is 0 Å². The van der Waals surface area contributed by atoms with Gasteiger partial charge in [-0.15, -0.1) is 0 Å². The van der Waals surface area contributed by atoms with Crippen molar-refractivity contribution in [2.24, 2.45) is 0 Å². The van der Waals surface area contributed by atoms with Crippen LogP contribution in [-0.2, 0) is 13.0 Å². The number of hydrogen-bond acceptors (Lipinski definition) is 3. The van der Waals surface area contributed by atoms with E-state index in [2.05, 4.69) is 31.5 Å². The monoisotopic (exact) mass is 491 g/mol. The van der Waals surface area contributed by atoms with Crippen LogP contribution in [0.25, 0.3) is 0 Å². The van der Waals surface area contributed by atoms with Crippen LogP contribution in [0, 0.1) is 0 Å². The summed E-state index contributed by atoms with van der Waals surface area (Å²) in [5.74, 6) is 0.116. The van der Waals surface area contributed by atoms with Crippen molar-refractivity contribution in [3.63, 3.8) is 0 Å². The molecule has 0 fully saturated rings. The first-order valence-electron chi connectivity index (χ1n) is 12.8. The van der Waals surface area contributed by atoms with Gasteiger partial charge in [0.2, 0.25) is 0 Å². The van der Waals surface area contributed by atoms with Gasteiger partial charge in [0, 0.05) is 34.4 Å². The molecular formula is C33H35N2O2+. The van der Waals surface area contributed by atoms with Crippen molar-refractivity contribution in [3.8, 4) is 0 Å². The summed E-state index contributed by atoms with van der Waals surface area (Å²) in [4.78, 5) is 25.2. The van der Waals surface area contributed by atoms with Gasteiger partial charge in [0.15, 0.2) is 11.6 Å². The van der Waals surface area contributed by atoms with Crippen LogP contribution in [0.1, 0.15) is 43.0 Å². The molecule has 4 heteroatoms. The Morgan fingerprint density at radius 3 is 1.49 bits per heavy atom. The zero-order valence-electron chi connectivity index (χ0n) is 21.7. The number of rotatable bonds is 12. The average molecular weight is 492 g/mol. The third-order valence-electron chi connectivity index (χ3n) is 6.60. The maximum absolute atomic E-state index is 12.6. The number of nitrogens with one attached hydrogen (secondary N) is 1. The number of hydrogen-bond donors (Lipinski definition) is 1. The molecule has 4 aromatic carbocycles. The van der Waals surface area contributed by atoms with Gasteiger partial charge in [-0.1, -0.05) is 109 Å². The standard InChI is InChI=1S/C33H35N2O2/c1-35(2,25-27-15-19-31(20-16-27)33(37)29-11-7-4-8-12-29)24-23-34-22-21-26-13-17-30(18-14-26)32(36)28-9-5-3-6-10-28/h3-20,34H,21-25H2,1-2H3/q+1. The van der Waals surface area contributed by atoms with Crippen molar-refractivity contribution >= 4 is 11.6 Å². The fourth-order valence-corrected chi connectivity index (χ4v) is 4.41. The van der Waals surface area contributed by atoms with E-state index in [0.717, 1.165) is 48.2 Å². The van der Waals surface area contributed by atoms with Gasteiger partial charge < -0.3 is 9.80 Å². The number of benzene rings is 4. The molecule has 0 atom stereocenters. The summed E-state index contributed by atoms with van der Waals surface area (Å²) in [5, 5.41) is 3.55. The Hall–Kier alpha value is -3.86. The Kier molecular flexibility index (Phi) is 8.78. The number of quaternary nitrogens is 1. The lowest BCUT2D eigenvalue weighted by atomic mass is 10.0. The van der Waals surface area contributed by atoms with Gasteiger partial charge in [-0.05, 0) is 18.5 Å². The van der Waals surface area contributed by atoms with Crippen LogP contribution < -0.4 is 5.32 Å². The molecule has 0 amide bonds. The summed E-state index contributed by atoms with van der Waals surface area (Å²) in [5.41, 5.74) is 5.32. The van der Waals surface area contributed by atoms with Crippen LogP contribution in [0.4, 0.5) is 0 Å². The van der Waals surface area contributed by atoms with Crippen molar-refractivity contribution in [2.45, 2.75) is 13.0 Å². The maximum Gasteiger partial charge on any atom is 0.193 e. The second-order valence-corrected chi connectivity index (χ2v) is 10.1. The van der Waals surface area contributed by atoms with E-state index in [1.54, 1.807) is 0 Å². The molecular weight excluding hydrogens is 456 g/mol. The maximum atomic E-state index is 12.6. The molecule has 0 spiro atoms. The topological polar surface area (TPSA) is 46.2 Å². The van der Waals surface area contributed by atoms with Gasteiger partial charge in [0.25, 0.3) is 0 Å². The summed E-state index contributed by atoms with van der Waals surface area (Å²) in [6, 6.07) is 34.7. The van der Waals surface area contributed by atoms with Crippen LogP contribution in [-0.4, -0.2) is 49.8 Å². The van der Waals surface area contributed by atoms with Crippen LogP contribution in [0.15, 0.2) is 109 Å².